The number of ketones is 1. The zero-order valence-electron chi connectivity index (χ0n) is 20.4. The van der Waals surface area contributed by atoms with Crippen LogP contribution in [0.1, 0.15) is 45.6 Å². The van der Waals surface area contributed by atoms with E-state index in [-0.39, 0.29) is 24.5 Å². The van der Waals surface area contributed by atoms with Gasteiger partial charge in [0.05, 0.1) is 36.5 Å². The van der Waals surface area contributed by atoms with Crippen LogP contribution < -0.4 is 4.74 Å². The van der Waals surface area contributed by atoms with Crippen LogP contribution in [0, 0.1) is 6.92 Å². The van der Waals surface area contributed by atoms with Crippen molar-refractivity contribution in [2.24, 2.45) is 0 Å². The van der Waals surface area contributed by atoms with Crippen molar-refractivity contribution in [3.8, 4) is 5.75 Å². The fourth-order valence-electron chi connectivity index (χ4n) is 4.37. The van der Waals surface area contributed by atoms with Crippen LogP contribution in [-0.2, 0) is 20.9 Å². The molecule has 1 unspecified atom stereocenters. The Morgan fingerprint density at radius 2 is 1.72 bits per heavy atom. The molecule has 1 saturated heterocycles. The van der Waals surface area contributed by atoms with Gasteiger partial charge in [0.25, 0.3) is 11.7 Å². The minimum absolute atomic E-state index is 0.00163. The van der Waals surface area contributed by atoms with Gasteiger partial charge in [-0.15, -0.1) is 0 Å². The van der Waals surface area contributed by atoms with Crippen LogP contribution in [0.3, 0.4) is 0 Å². The maximum atomic E-state index is 13.3. The zero-order valence-corrected chi connectivity index (χ0v) is 20.4. The van der Waals surface area contributed by atoms with Gasteiger partial charge >= 0.3 is 5.97 Å². The molecule has 0 aliphatic carbocycles. The van der Waals surface area contributed by atoms with Crippen molar-refractivity contribution in [1.82, 2.24) is 4.90 Å². The molecule has 0 bridgehead atoms. The normalized spacial score (nSPS) is 16.8. The summed E-state index contributed by atoms with van der Waals surface area (Å²) in [7, 11) is 1.47. The number of likely N-dealkylation sites (tertiary alicyclic amines) is 1. The molecule has 0 radical (unpaired) electrons. The molecule has 0 spiro atoms. The number of hydrogen-bond donors (Lipinski definition) is 1. The number of para-hydroxylation sites is 1. The molecule has 184 valence electrons. The highest BCUT2D eigenvalue weighted by Gasteiger charge is 2.46. The Bertz CT molecular complexity index is 1340. The maximum absolute atomic E-state index is 13.3. The van der Waals surface area contributed by atoms with Crippen LogP contribution in [0.25, 0.3) is 5.76 Å². The van der Waals surface area contributed by atoms with Crippen LogP contribution in [0.5, 0.6) is 5.75 Å². The molecule has 0 saturated carbocycles. The average molecular weight is 486 g/mol. The number of rotatable bonds is 7. The summed E-state index contributed by atoms with van der Waals surface area (Å²) in [6, 6.07) is 20.2. The molecule has 1 atom stereocenters. The lowest BCUT2D eigenvalue weighted by atomic mass is 9.94. The summed E-state index contributed by atoms with van der Waals surface area (Å²) in [5, 5.41) is 11.3. The molecule has 1 fully saturated rings. The Balaban J connectivity index is 1.79. The summed E-state index contributed by atoms with van der Waals surface area (Å²) in [5.74, 6) is -1.82. The molecule has 1 heterocycles. The first-order chi connectivity index (χ1) is 17.3. The van der Waals surface area contributed by atoms with E-state index in [1.165, 1.54) is 12.0 Å². The third kappa shape index (κ3) is 4.73. The van der Waals surface area contributed by atoms with Crippen molar-refractivity contribution >= 4 is 23.4 Å². The topological polar surface area (TPSA) is 93.1 Å². The minimum Gasteiger partial charge on any atom is -0.507 e. The van der Waals surface area contributed by atoms with Crippen molar-refractivity contribution in [2.75, 3.05) is 13.7 Å². The van der Waals surface area contributed by atoms with E-state index in [1.807, 2.05) is 31.2 Å². The maximum Gasteiger partial charge on any atom is 0.338 e. The lowest BCUT2D eigenvalue weighted by Crippen LogP contribution is -2.29. The van der Waals surface area contributed by atoms with Gasteiger partial charge in [-0.1, -0.05) is 54.1 Å². The van der Waals surface area contributed by atoms with E-state index in [4.69, 9.17) is 9.47 Å². The lowest BCUT2D eigenvalue weighted by molar-refractivity contribution is -0.140. The molecule has 36 heavy (non-hydrogen) atoms. The number of hydrogen-bond acceptors (Lipinski definition) is 6. The number of ether oxygens (including phenoxy) is 2. The van der Waals surface area contributed by atoms with Crippen LogP contribution in [0.2, 0.25) is 0 Å². The van der Waals surface area contributed by atoms with Gasteiger partial charge < -0.3 is 19.5 Å². The number of methoxy groups -OCH3 is 1. The molecule has 4 rings (SSSR count). The molecule has 1 N–H and O–H groups in total. The summed E-state index contributed by atoms with van der Waals surface area (Å²) in [6.45, 7) is 4.03. The number of nitrogens with zero attached hydrogens (tertiary/aromatic N) is 1. The first kappa shape index (κ1) is 24.7. The molecule has 1 aliphatic rings. The van der Waals surface area contributed by atoms with Gasteiger partial charge in [0.2, 0.25) is 0 Å². The van der Waals surface area contributed by atoms with E-state index in [0.717, 1.165) is 11.1 Å². The molecule has 0 aromatic heterocycles. The van der Waals surface area contributed by atoms with E-state index in [2.05, 4.69) is 0 Å². The summed E-state index contributed by atoms with van der Waals surface area (Å²) >= 11 is 0. The first-order valence-electron chi connectivity index (χ1n) is 11.6. The second-order valence-corrected chi connectivity index (χ2v) is 8.46. The largest absolute Gasteiger partial charge is 0.507 e. The Morgan fingerprint density at radius 1 is 1.00 bits per heavy atom. The van der Waals surface area contributed by atoms with E-state index < -0.39 is 23.7 Å². The number of benzene rings is 3. The van der Waals surface area contributed by atoms with Crippen molar-refractivity contribution in [1.29, 1.82) is 0 Å². The molecule has 3 aromatic rings. The number of Topliss-reactive ketones (excluding diaryl/α,β-unsaturated/α-hetero) is 1. The fourth-order valence-corrected chi connectivity index (χ4v) is 4.37. The van der Waals surface area contributed by atoms with Gasteiger partial charge in [-0.2, -0.15) is 0 Å². The Hall–Kier alpha value is -4.39. The van der Waals surface area contributed by atoms with Crippen LogP contribution in [-0.4, -0.2) is 41.4 Å². The Kier molecular flexibility index (Phi) is 7.20. The van der Waals surface area contributed by atoms with E-state index in [0.29, 0.717) is 22.4 Å². The predicted octanol–water partition coefficient (Wildman–Crippen LogP) is 4.80. The van der Waals surface area contributed by atoms with Gasteiger partial charge in [-0.05, 0) is 49.2 Å². The number of carbonyl (C=O) groups is 3. The van der Waals surface area contributed by atoms with Gasteiger partial charge in [0.15, 0.2) is 0 Å². The van der Waals surface area contributed by atoms with Crippen LogP contribution >= 0.6 is 0 Å². The Labute approximate surface area is 209 Å². The number of amides is 1. The molecule has 1 aliphatic heterocycles. The number of esters is 1. The molecular formula is C29H27NO6. The summed E-state index contributed by atoms with van der Waals surface area (Å²) in [6.07, 6.45) is 0. The highest BCUT2D eigenvalue weighted by molar-refractivity contribution is 6.46. The number of aliphatic hydroxyl groups excluding tert-OH is 1. The fraction of sp³-hybridized carbons (Fsp3) is 0.207. The lowest BCUT2D eigenvalue weighted by Gasteiger charge is -2.26. The second kappa shape index (κ2) is 10.5. The van der Waals surface area contributed by atoms with Gasteiger partial charge in [0, 0.05) is 6.54 Å². The molecular weight excluding hydrogens is 458 g/mol. The third-order valence-corrected chi connectivity index (χ3v) is 6.08. The predicted molar refractivity (Wildman–Crippen MR) is 134 cm³/mol. The molecule has 7 heteroatoms. The highest BCUT2D eigenvalue weighted by atomic mass is 16.5. The smallest absolute Gasteiger partial charge is 0.338 e. The van der Waals surface area contributed by atoms with Crippen molar-refractivity contribution in [3.63, 3.8) is 0 Å². The summed E-state index contributed by atoms with van der Waals surface area (Å²) < 4.78 is 10.4. The van der Waals surface area contributed by atoms with Crippen molar-refractivity contribution in [3.05, 3.63) is 106 Å². The van der Waals surface area contributed by atoms with Gasteiger partial charge in [-0.25, -0.2) is 4.79 Å². The van der Waals surface area contributed by atoms with E-state index in [9.17, 15) is 19.5 Å². The standard InChI is InChI=1S/C29H27NO6/c1-4-36-29(34)20-14-12-19(13-15-20)17-30-25(21-9-7-8-18(2)16-21)24(27(32)28(30)33)26(31)22-10-5-6-11-23(22)35-3/h5-16,25,31H,4,17H2,1-3H3/b26-24+. The van der Waals surface area contributed by atoms with Crippen LogP contribution in [0.15, 0.2) is 78.4 Å². The minimum atomic E-state index is -0.806. The average Bonchev–Trinajstić information content (AvgIpc) is 3.13. The van der Waals surface area contributed by atoms with Crippen molar-refractivity contribution in [2.45, 2.75) is 26.4 Å². The van der Waals surface area contributed by atoms with E-state index >= 15 is 0 Å². The monoisotopic (exact) mass is 485 g/mol. The summed E-state index contributed by atoms with van der Waals surface area (Å²) in [4.78, 5) is 40.0. The molecule has 7 nitrogen and oxygen atoms in total. The number of aliphatic hydroxyl groups is 1. The first-order valence-corrected chi connectivity index (χ1v) is 11.6. The van der Waals surface area contributed by atoms with E-state index in [1.54, 1.807) is 55.5 Å². The molecule has 3 aromatic carbocycles. The highest BCUT2D eigenvalue weighted by Crippen LogP contribution is 2.41. The SMILES string of the molecule is CCOC(=O)c1ccc(CN2C(=O)C(=O)/C(=C(/O)c3ccccc3OC)C2c2cccc(C)c2)cc1. The van der Waals surface area contributed by atoms with Crippen LogP contribution in [0.4, 0.5) is 0 Å². The van der Waals surface area contributed by atoms with Crippen molar-refractivity contribution < 1.29 is 29.0 Å². The third-order valence-electron chi connectivity index (χ3n) is 6.08. The van der Waals surface area contributed by atoms with Gasteiger partial charge in [0.1, 0.15) is 11.5 Å². The summed E-state index contributed by atoms with van der Waals surface area (Å²) in [5.41, 5.74) is 3.10. The quantitative estimate of drug-likeness (QED) is 0.224. The second-order valence-electron chi connectivity index (χ2n) is 8.46. The van der Waals surface area contributed by atoms with Gasteiger partial charge in [-0.3, -0.25) is 9.59 Å². The number of aryl methyl sites for hydroxylation is 1. The Morgan fingerprint density at radius 3 is 2.39 bits per heavy atom. The number of carbonyl (C=O) groups excluding carboxylic acids is 3. The molecule has 1 amide bonds. The zero-order chi connectivity index (χ0) is 25.8.